The van der Waals surface area contributed by atoms with Gasteiger partial charge in [-0.1, -0.05) is 5.16 Å². The maximum absolute atomic E-state index is 11.8. The van der Waals surface area contributed by atoms with Crippen molar-refractivity contribution in [3.8, 4) is 0 Å². The molecular weight excluding hydrogens is 258 g/mol. The Morgan fingerprint density at radius 1 is 1.45 bits per heavy atom. The Bertz CT molecular complexity index is 568. The number of aromatic nitrogens is 2. The van der Waals surface area contributed by atoms with Crippen LogP contribution in [0.15, 0.2) is 29.1 Å². The highest BCUT2D eigenvalue weighted by Crippen LogP contribution is 2.20. The Morgan fingerprint density at radius 2 is 2.30 bits per heavy atom. The van der Waals surface area contributed by atoms with Gasteiger partial charge in [-0.05, 0) is 25.1 Å². The molecule has 0 aliphatic rings. The van der Waals surface area contributed by atoms with Crippen LogP contribution in [-0.2, 0) is 6.42 Å². The standard InChI is InChI=1S/C13H17N5O2/c1-2-15-13(19)9-3-4-10(14)11(7-9)16-6-5-12-17-8-20-18-12/h3-4,7-8,16H,2,5-6,14H2,1H3,(H,15,19). The summed E-state index contributed by atoms with van der Waals surface area (Å²) < 4.78 is 4.65. The molecule has 0 radical (unpaired) electrons. The van der Waals surface area contributed by atoms with E-state index in [-0.39, 0.29) is 5.91 Å². The van der Waals surface area contributed by atoms with Gasteiger partial charge in [0, 0.05) is 25.1 Å². The summed E-state index contributed by atoms with van der Waals surface area (Å²) >= 11 is 0. The summed E-state index contributed by atoms with van der Waals surface area (Å²) in [5, 5.41) is 9.63. The molecule has 1 amide bonds. The Kier molecular flexibility index (Phi) is 4.54. The van der Waals surface area contributed by atoms with E-state index in [0.717, 1.165) is 5.69 Å². The van der Waals surface area contributed by atoms with Gasteiger partial charge in [-0.15, -0.1) is 0 Å². The van der Waals surface area contributed by atoms with E-state index >= 15 is 0 Å². The first kappa shape index (κ1) is 13.9. The van der Waals surface area contributed by atoms with Gasteiger partial charge in [-0.2, -0.15) is 4.98 Å². The number of carbonyl (C=O) groups excluding carboxylic acids is 1. The molecule has 0 aliphatic heterocycles. The smallest absolute Gasteiger partial charge is 0.251 e. The number of nitrogens with two attached hydrogens (primary N) is 1. The Hall–Kier alpha value is -2.57. The number of nitrogen functional groups attached to an aromatic ring is 1. The highest BCUT2D eigenvalue weighted by atomic mass is 16.5. The predicted octanol–water partition coefficient (Wildman–Crippen LogP) is 1.06. The molecule has 4 N–H and O–H groups in total. The SMILES string of the molecule is CCNC(=O)c1ccc(N)c(NCCc2ncon2)c1. The van der Waals surface area contributed by atoms with Crippen LogP contribution in [0.25, 0.3) is 0 Å². The fourth-order valence-electron chi connectivity index (χ4n) is 1.72. The Balaban J connectivity index is 1.99. The molecule has 2 rings (SSSR count). The lowest BCUT2D eigenvalue weighted by Gasteiger charge is -2.10. The highest BCUT2D eigenvalue weighted by Gasteiger charge is 2.07. The minimum atomic E-state index is -0.117. The van der Waals surface area contributed by atoms with Crippen LogP contribution in [0, 0.1) is 0 Å². The zero-order valence-electron chi connectivity index (χ0n) is 11.2. The molecule has 106 valence electrons. The van der Waals surface area contributed by atoms with E-state index in [0.29, 0.717) is 36.6 Å². The van der Waals surface area contributed by atoms with Crippen molar-refractivity contribution in [3.05, 3.63) is 36.0 Å². The zero-order chi connectivity index (χ0) is 14.4. The van der Waals surface area contributed by atoms with Crippen molar-refractivity contribution in [2.75, 3.05) is 24.1 Å². The van der Waals surface area contributed by atoms with Crippen molar-refractivity contribution in [3.63, 3.8) is 0 Å². The number of amides is 1. The molecule has 1 aromatic carbocycles. The lowest BCUT2D eigenvalue weighted by Crippen LogP contribution is -2.22. The van der Waals surface area contributed by atoms with Crippen molar-refractivity contribution in [2.45, 2.75) is 13.3 Å². The number of carbonyl (C=O) groups is 1. The van der Waals surface area contributed by atoms with E-state index in [1.165, 1.54) is 6.39 Å². The van der Waals surface area contributed by atoms with E-state index in [9.17, 15) is 4.79 Å². The van der Waals surface area contributed by atoms with Gasteiger partial charge >= 0.3 is 0 Å². The lowest BCUT2D eigenvalue weighted by atomic mass is 10.1. The zero-order valence-corrected chi connectivity index (χ0v) is 11.2. The van der Waals surface area contributed by atoms with Gasteiger partial charge in [0.05, 0.1) is 11.4 Å². The quantitative estimate of drug-likeness (QED) is 0.680. The number of hydrogen-bond donors (Lipinski definition) is 3. The number of benzene rings is 1. The van der Waals surface area contributed by atoms with Crippen LogP contribution in [0.4, 0.5) is 11.4 Å². The molecule has 1 aromatic heterocycles. The van der Waals surface area contributed by atoms with Gasteiger partial charge < -0.3 is 20.9 Å². The molecule has 0 spiro atoms. The molecule has 7 nitrogen and oxygen atoms in total. The van der Waals surface area contributed by atoms with Crippen molar-refractivity contribution in [2.24, 2.45) is 0 Å². The van der Waals surface area contributed by atoms with Gasteiger partial charge in [-0.3, -0.25) is 4.79 Å². The summed E-state index contributed by atoms with van der Waals surface area (Å²) in [4.78, 5) is 15.7. The maximum atomic E-state index is 11.8. The molecular formula is C13H17N5O2. The van der Waals surface area contributed by atoms with Crippen LogP contribution in [0.2, 0.25) is 0 Å². The first-order valence-corrected chi connectivity index (χ1v) is 6.37. The minimum Gasteiger partial charge on any atom is -0.397 e. The van der Waals surface area contributed by atoms with Crippen molar-refractivity contribution in [1.29, 1.82) is 0 Å². The van der Waals surface area contributed by atoms with Gasteiger partial charge in [-0.25, -0.2) is 0 Å². The summed E-state index contributed by atoms with van der Waals surface area (Å²) in [7, 11) is 0. The number of rotatable bonds is 6. The first-order valence-electron chi connectivity index (χ1n) is 6.37. The molecule has 20 heavy (non-hydrogen) atoms. The van der Waals surface area contributed by atoms with Crippen molar-refractivity contribution < 1.29 is 9.32 Å². The number of anilines is 2. The number of nitrogens with zero attached hydrogens (tertiary/aromatic N) is 2. The summed E-state index contributed by atoms with van der Waals surface area (Å²) in [6.07, 6.45) is 1.90. The second kappa shape index (κ2) is 6.55. The van der Waals surface area contributed by atoms with Gasteiger partial charge in [0.1, 0.15) is 0 Å². The average molecular weight is 275 g/mol. The van der Waals surface area contributed by atoms with E-state index in [4.69, 9.17) is 5.73 Å². The van der Waals surface area contributed by atoms with Crippen molar-refractivity contribution >= 4 is 17.3 Å². The monoisotopic (exact) mass is 275 g/mol. The Labute approximate surface area is 116 Å². The maximum Gasteiger partial charge on any atom is 0.251 e. The molecule has 1 heterocycles. The highest BCUT2D eigenvalue weighted by molar-refractivity contribution is 5.96. The third-order valence-corrected chi connectivity index (χ3v) is 2.72. The Morgan fingerprint density at radius 3 is 3.00 bits per heavy atom. The van der Waals surface area contributed by atoms with Crippen LogP contribution in [0.1, 0.15) is 23.1 Å². The van der Waals surface area contributed by atoms with Gasteiger partial charge in [0.15, 0.2) is 5.82 Å². The van der Waals surface area contributed by atoms with Crippen LogP contribution >= 0.6 is 0 Å². The second-order valence-corrected chi connectivity index (χ2v) is 4.19. The minimum absolute atomic E-state index is 0.117. The van der Waals surface area contributed by atoms with E-state index < -0.39 is 0 Å². The average Bonchev–Trinajstić information content (AvgIpc) is 2.94. The molecule has 0 saturated carbocycles. The molecule has 0 aliphatic carbocycles. The molecule has 0 fully saturated rings. The summed E-state index contributed by atoms with van der Waals surface area (Å²) in [6, 6.07) is 5.14. The number of hydrogen-bond acceptors (Lipinski definition) is 6. The molecule has 7 heteroatoms. The lowest BCUT2D eigenvalue weighted by molar-refractivity contribution is 0.0956. The summed E-state index contributed by atoms with van der Waals surface area (Å²) in [5.41, 5.74) is 7.76. The summed E-state index contributed by atoms with van der Waals surface area (Å²) in [5.74, 6) is 0.504. The van der Waals surface area contributed by atoms with Crippen LogP contribution < -0.4 is 16.4 Å². The van der Waals surface area contributed by atoms with E-state index in [2.05, 4.69) is 25.3 Å². The van der Waals surface area contributed by atoms with E-state index in [1.54, 1.807) is 18.2 Å². The topological polar surface area (TPSA) is 106 Å². The van der Waals surface area contributed by atoms with Crippen LogP contribution in [0.5, 0.6) is 0 Å². The van der Waals surface area contributed by atoms with E-state index in [1.807, 2.05) is 6.92 Å². The molecule has 2 aromatic rings. The molecule has 0 bridgehead atoms. The first-order chi connectivity index (χ1) is 9.70. The van der Waals surface area contributed by atoms with Crippen molar-refractivity contribution in [1.82, 2.24) is 15.5 Å². The third kappa shape index (κ3) is 3.47. The number of nitrogens with one attached hydrogen (secondary N) is 2. The predicted molar refractivity (Wildman–Crippen MR) is 75.4 cm³/mol. The van der Waals surface area contributed by atoms with Gasteiger partial charge in [0.25, 0.3) is 5.91 Å². The molecule has 0 atom stereocenters. The third-order valence-electron chi connectivity index (χ3n) is 2.72. The largest absolute Gasteiger partial charge is 0.397 e. The summed E-state index contributed by atoms with van der Waals surface area (Å²) in [6.45, 7) is 3.06. The molecule has 0 unspecified atom stereocenters. The van der Waals surface area contributed by atoms with Crippen LogP contribution in [-0.4, -0.2) is 29.1 Å². The van der Waals surface area contributed by atoms with Crippen LogP contribution in [0.3, 0.4) is 0 Å². The van der Waals surface area contributed by atoms with Gasteiger partial charge in [0.2, 0.25) is 6.39 Å². The fraction of sp³-hybridized carbons (Fsp3) is 0.308. The second-order valence-electron chi connectivity index (χ2n) is 4.19. The fourth-order valence-corrected chi connectivity index (χ4v) is 1.72. The molecule has 0 saturated heterocycles. The normalized spacial score (nSPS) is 10.2.